The van der Waals surface area contributed by atoms with Gasteiger partial charge in [0.15, 0.2) is 0 Å². The largest absolute Gasteiger partial charge is 0.478 e. The minimum Gasteiger partial charge on any atom is -0.478 e. The zero-order valence-electron chi connectivity index (χ0n) is 9.66. The van der Waals surface area contributed by atoms with Crippen molar-refractivity contribution in [2.24, 2.45) is 0 Å². The molecule has 1 aromatic carbocycles. The van der Waals surface area contributed by atoms with Gasteiger partial charge in [-0.3, -0.25) is 0 Å². The molecular weight excluding hydrogens is 238 g/mol. The van der Waals surface area contributed by atoms with E-state index in [1.807, 2.05) is 0 Å². The number of anilines is 1. The van der Waals surface area contributed by atoms with E-state index < -0.39 is 5.97 Å². The Morgan fingerprint density at radius 2 is 1.82 bits per heavy atom. The van der Waals surface area contributed by atoms with Crippen LogP contribution >= 0.6 is 11.6 Å². The molecular formula is C13H16ClNO2. The third kappa shape index (κ3) is 2.91. The van der Waals surface area contributed by atoms with Gasteiger partial charge in [0.2, 0.25) is 0 Å². The molecule has 0 radical (unpaired) electrons. The minimum absolute atomic E-state index is 0.300. The first kappa shape index (κ1) is 12.2. The van der Waals surface area contributed by atoms with Crippen LogP contribution in [0.1, 0.15) is 36.0 Å². The van der Waals surface area contributed by atoms with E-state index in [2.05, 4.69) is 4.90 Å². The van der Waals surface area contributed by atoms with Crippen LogP contribution in [0.5, 0.6) is 0 Å². The summed E-state index contributed by atoms with van der Waals surface area (Å²) >= 11 is 6.15. The third-order valence-electron chi connectivity index (χ3n) is 3.14. The van der Waals surface area contributed by atoms with E-state index in [1.54, 1.807) is 18.2 Å². The summed E-state index contributed by atoms with van der Waals surface area (Å²) in [5.41, 5.74) is 1.15. The van der Waals surface area contributed by atoms with E-state index in [4.69, 9.17) is 16.7 Å². The van der Waals surface area contributed by atoms with E-state index in [0.717, 1.165) is 31.6 Å². The topological polar surface area (TPSA) is 40.5 Å². The van der Waals surface area contributed by atoms with Crippen molar-refractivity contribution < 1.29 is 9.90 Å². The van der Waals surface area contributed by atoms with Crippen molar-refractivity contribution in [3.05, 3.63) is 28.8 Å². The first-order chi connectivity index (χ1) is 8.18. The highest BCUT2D eigenvalue weighted by Crippen LogP contribution is 2.29. The van der Waals surface area contributed by atoms with E-state index in [9.17, 15) is 4.79 Å². The normalized spacial score (nSPS) is 16.6. The highest BCUT2D eigenvalue weighted by atomic mass is 35.5. The van der Waals surface area contributed by atoms with Gasteiger partial charge in [-0.1, -0.05) is 24.4 Å². The average molecular weight is 254 g/mol. The maximum atomic E-state index is 11.0. The van der Waals surface area contributed by atoms with Crippen LogP contribution in [0, 0.1) is 0 Å². The van der Waals surface area contributed by atoms with Gasteiger partial charge in [-0.2, -0.15) is 0 Å². The Balaban J connectivity index is 2.28. The van der Waals surface area contributed by atoms with Crippen LogP contribution in [-0.4, -0.2) is 24.2 Å². The number of aromatic carboxylic acids is 1. The smallest absolute Gasteiger partial charge is 0.335 e. The summed E-state index contributed by atoms with van der Waals surface area (Å²) < 4.78 is 0. The Morgan fingerprint density at radius 1 is 1.18 bits per heavy atom. The maximum absolute atomic E-state index is 11.0. The van der Waals surface area contributed by atoms with Crippen molar-refractivity contribution >= 4 is 23.3 Å². The molecule has 1 N–H and O–H groups in total. The standard InChI is InChI=1S/C13H16ClNO2/c14-11-6-5-10(13(16)17)9-12(11)15-7-3-1-2-4-8-15/h5-6,9H,1-4,7-8H2,(H,16,17). The van der Waals surface area contributed by atoms with Gasteiger partial charge in [-0.15, -0.1) is 0 Å². The van der Waals surface area contributed by atoms with Crippen molar-refractivity contribution in [3.8, 4) is 0 Å². The Morgan fingerprint density at radius 3 is 2.41 bits per heavy atom. The number of carboxylic acid groups (broad SMARTS) is 1. The molecule has 1 aromatic rings. The summed E-state index contributed by atoms with van der Waals surface area (Å²) in [6.45, 7) is 1.92. The van der Waals surface area contributed by atoms with Crippen LogP contribution in [0.3, 0.4) is 0 Å². The zero-order valence-corrected chi connectivity index (χ0v) is 10.4. The van der Waals surface area contributed by atoms with Gasteiger partial charge < -0.3 is 10.0 Å². The van der Waals surface area contributed by atoms with Crippen LogP contribution in [0.15, 0.2) is 18.2 Å². The predicted molar refractivity (Wildman–Crippen MR) is 69.1 cm³/mol. The summed E-state index contributed by atoms with van der Waals surface area (Å²) in [5.74, 6) is -0.905. The number of benzene rings is 1. The van der Waals surface area contributed by atoms with Gasteiger partial charge in [0, 0.05) is 13.1 Å². The summed E-state index contributed by atoms with van der Waals surface area (Å²) in [6, 6.07) is 4.90. The number of rotatable bonds is 2. The van der Waals surface area contributed by atoms with Crippen molar-refractivity contribution in [3.63, 3.8) is 0 Å². The summed E-state index contributed by atoms with van der Waals surface area (Å²) in [5, 5.41) is 9.63. The van der Waals surface area contributed by atoms with Crippen molar-refractivity contribution in [2.45, 2.75) is 25.7 Å². The average Bonchev–Trinajstić information content (AvgIpc) is 2.58. The molecule has 3 nitrogen and oxygen atoms in total. The van der Waals surface area contributed by atoms with Crippen LogP contribution in [-0.2, 0) is 0 Å². The van der Waals surface area contributed by atoms with Crippen molar-refractivity contribution in [1.29, 1.82) is 0 Å². The molecule has 4 heteroatoms. The molecule has 17 heavy (non-hydrogen) atoms. The molecule has 0 aromatic heterocycles. The molecule has 1 saturated heterocycles. The molecule has 0 saturated carbocycles. The molecule has 0 atom stereocenters. The van der Waals surface area contributed by atoms with Crippen LogP contribution in [0.4, 0.5) is 5.69 Å². The Bertz CT molecular complexity index is 412. The molecule has 0 spiro atoms. The van der Waals surface area contributed by atoms with Gasteiger partial charge >= 0.3 is 5.97 Å². The fourth-order valence-corrected chi connectivity index (χ4v) is 2.44. The lowest BCUT2D eigenvalue weighted by atomic mass is 10.2. The minimum atomic E-state index is -0.905. The first-order valence-electron chi connectivity index (χ1n) is 5.96. The molecule has 1 aliphatic heterocycles. The molecule has 0 unspecified atom stereocenters. The fraction of sp³-hybridized carbons (Fsp3) is 0.462. The number of halogens is 1. The SMILES string of the molecule is O=C(O)c1ccc(Cl)c(N2CCCCCC2)c1. The summed E-state index contributed by atoms with van der Waals surface area (Å²) in [7, 11) is 0. The van der Waals surface area contributed by atoms with Crippen LogP contribution < -0.4 is 4.90 Å². The molecule has 0 aliphatic carbocycles. The molecule has 92 valence electrons. The number of carboxylic acids is 1. The maximum Gasteiger partial charge on any atom is 0.335 e. The molecule has 1 aliphatic rings. The first-order valence-corrected chi connectivity index (χ1v) is 6.34. The monoisotopic (exact) mass is 253 g/mol. The lowest BCUT2D eigenvalue weighted by Gasteiger charge is -2.24. The summed E-state index contributed by atoms with van der Waals surface area (Å²) in [4.78, 5) is 13.1. The van der Waals surface area contributed by atoms with Crippen molar-refractivity contribution in [2.75, 3.05) is 18.0 Å². The van der Waals surface area contributed by atoms with E-state index in [1.165, 1.54) is 12.8 Å². The van der Waals surface area contributed by atoms with Crippen LogP contribution in [0.25, 0.3) is 0 Å². The van der Waals surface area contributed by atoms with Crippen molar-refractivity contribution in [1.82, 2.24) is 0 Å². The van der Waals surface area contributed by atoms with Gasteiger partial charge in [-0.05, 0) is 31.0 Å². The Kier molecular flexibility index (Phi) is 3.89. The molecule has 1 heterocycles. The fourth-order valence-electron chi connectivity index (χ4n) is 2.20. The molecule has 1 fully saturated rings. The summed E-state index contributed by atoms with van der Waals surface area (Å²) in [6.07, 6.45) is 4.78. The number of hydrogen-bond donors (Lipinski definition) is 1. The van der Waals surface area contributed by atoms with Gasteiger partial charge in [0.25, 0.3) is 0 Å². The second kappa shape index (κ2) is 5.41. The zero-order chi connectivity index (χ0) is 12.3. The van der Waals surface area contributed by atoms with E-state index in [0.29, 0.717) is 10.6 Å². The molecule has 2 rings (SSSR count). The number of nitrogens with zero attached hydrogens (tertiary/aromatic N) is 1. The second-order valence-electron chi connectivity index (χ2n) is 4.37. The predicted octanol–water partition coefficient (Wildman–Crippen LogP) is 3.42. The van der Waals surface area contributed by atoms with Gasteiger partial charge in [0.1, 0.15) is 0 Å². The molecule has 0 amide bonds. The number of hydrogen-bond acceptors (Lipinski definition) is 2. The Labute approximate surface area is 106 Å². The third-order valence-corrected chi connectivity index (χ3v) is 3.46. The lowest BCUT2D eigenvalue weighted by Crippen LogP contribution is -2.24. The van der Waals surface area contributed by atoms with Crippen LogP contribution in [0.2, 0.25) is 5.02 Å². The quantitative estimate of drug-likeness (QED) is 0.878. The van der Waals surface area contributed by atoms with Gasteiger partial charge in [-0.25, -0.2) is 4.79 Å². The second-order valence-corrected chi connectivity index (χ2v) is 4.78. The number of carbonyl (C=O) groups is 1. The van der Waals surface area contributed by atoms with E-state index in [-0.39, 0.29) is 0 Å². The van der Waals surface area contributed by atoms with Gasteiger partial charge in [0.05, 0.1) is 16.3 Å². The Hall–Kier alpha value is -1.22. The lowest BCUT2D eigenvalue weighted by molar-refractivity contribution is 0.0697. The van der Waals surface area contributed by atoms with E-state index >= 15 is 0 Å². The molecule has 0 bridgehead atoms. The highest BCUT2D eigenvalue weighted by molar-refractivity contribution is 6.33. The highest BCUT2D eigenvalue weighted by Gasteiger charge is 2.15.